The van der Waals surface area contributed by atoms with Crippen molar-refractivity contribution < 1.29 is 43.1 Å². The Balaban J connectivity index is 1.61. The Kier molecular flexibility index (Phi) is 21.3. The number of carbonyl (C=O) groups is 8. The Labute approximate surface area is 368 Å². The molecule has 340 valence electrons. The lowest BCUT2D eigenvalue weighted by Crippen LogP contribution is -2.46. The second-order valence-corrected chi connectivity index (χ2v) is 17.7. The summed E-state index contributed by atoms with van der Waals surface area (Å²) in [5.74, 6) is -2.75. The Morgan fingerprint density at radius 1 is 0.823 bits per heavy atom. The molecule has 1 aliphatic rings. The maximum absolute atomic E-state index is 13.9. The zero-order chi connectivity index (χ0) is 45.9. The summed E-state index contributed by atoms with van der Waals surface area (Å²) in [4.78, 5) is 107. The molecule has 0 spiro atoms. The highest BCUT2D eigenvalue weighted by atomic mass is 16.6. The minimum absolute atomic E-state index is 0.00644. The summed E-state index contributed by atoms with van der Waals surface area (Å²) in [6.07, 6.45) is 3.82. The predicted molar refractivity (Wildman–Crippen MR) is 237 cm³/mol. The minimum Gasteiger partial charge on any atom is -0.445 e. The quantitative estimate of drug-likeness (QED) is 0.0697. The number of ketones is 4. The van der Waals surface area contributed by atoms with Gasteiger partial charge in [0.2, 0.25) is 17.7 Å². The first kappa shape index (κ1) is 51.3. The van der Waals surface area contributed by atoms with Gasteiger partial charge < -0.3 is 20.7 Å². The SMILES string of the molecule is CC(=O)[C@@H](CC(=O)C(C(C)C)N(C)C(=O)OCc1ccc(CC(=O)[C@H](CCCCN)NC(=O)[C@@H](CC(=O)CCCCCN2C(=O)CC(C)C2=O)Cc2ccccc2)cc1)C(C)C. The predicted octanol–water partition coefficient (Wildman–Crippen LogP) is 6.60. The van der Waals surface area contributed by atoms with E-state index in [4.69, 9.17) is 10.5 Å². The van der Waals surface area contributed by atoms with Gasteiger partial charge in [-0.3, -0.25) is 38.5 Å². The molecule has 13 nitrogen and oxygen atoms in total. The lowest BCUT2D eigenvalue weighted by Gasteiger charge is -2.31. The second-order valence-electron chi connectivity index (χ2n) is 17.7. The van der Waals surface area contributed by atoms with Gasteiger partial charge >= 0.3 is 6.09 Å². The molecule has 0 bridgehead atoms. The van der Waals surface area contributed by atoms with Crippen LogP contribution in [-0.4, -0.2) is 89.0 Å². The van der Waals surface area contributed by atoms with Crippen LogP contribution >= 0.6 is 0 Å². The van der Waals surface area contributed by atoms with E-state index in [1.165, 1.54) is 23.8 Å². The van der Waals surface area contributed by atoms with Gasteiger partial charge in [0.1, 0.15) is 18.2 Å². The summed E-state index contributed by atoms with van der Waals surface area (Å²) >= 11 is 0. The number of unbranched alkanes of at least 4 members (excludes halogenated alkanes) is 3. The molecule has 2 unspecified atom stereocenters. The number of carbonyl (C=O) groups excluding carboxylic acids is 8. The highest BCUT2D eigenvalue weighted by Gasteiger charge is 2.36. The van der Waals surface area contributed by atoms with Gasteiger partial charge in [-0.1, -0.05) is 95.6 Å². The van der Waals surface area contributed by atoms with E-state index in [2.05, 4.69) is 5.32 Å². The van der Waals surface area contributed by atoms with E-state index in [1.54, 1.807) is 31.2 Å². The van der Waals surface area contributed by atoms with Gasteiger partial charge in [-0.15, -0.1) is 0 Å². The fourth-order valence-corrected chi connectivity index (χ4v) is 8.14. The number of ether oxygens (including phenoxy) is 1. The van der Waals surface area contributed by atoms with E-state index in [0.717, 1.165) is 5.56 Å². The molecule has 4 amide bonds. The number of nitrogens with two attached hydrogens (primary N) is 1. The minimum atomic E-state index is -0.791. The third kappa shape index (κ3) is 16.3. The normalized spacial score (nSPS) is 15.9. The Bertz CT molecular complexity index is 1830. The van der Waals surface area contributed by atoms with Crippen LogP contribution in [0.1, 0.15) is 122 Å². The highest BCUT2D eigenvalue weighted by Crippen LogP contribution is 2.23. The number of amides is 4. The Hall–Kier alpha value is -5.04. The number of likely N-dealkylation sites (tertiary alicyclic amines) is 1. The monoisotopic (exact) mass is 859 g/mol. The van der Waals surface area contributed by atoms with Gasteiger partial charge in [-0.05, 0) is 80.5 Å². The van der Waals surface area contributed by atoms with E-state index < -0.39 is 30.0 Å². The van der Waals surface area contributed by atoms with Crippen molar-refractivity contribution in [3.8, 4) is 0 Å². The van der Waals surface area contributed by atoms with Gasteiger partial charge in [0.15, 0.2) is 11.6 Å². The van der Waals surface area contributed by atoms with Crippen LogP contribution in [-0.2, 0) is 57.7 Å². The first-order chi connectivity index (χ1) is 29.4. The summed E-state index contributed by atoms with van der Waals surface area (Å²) < 4.78 is 5.58. The number of hydrogen-bond donors (Lipinski definition) is 2. The highest BCUT2D eigenvalue weighted by molar-refractivity contribution is 6.03. The standard InChI is InChI=1S/C49H70N4O9/c1-32(2)41(35(6)54)30-44(57)46(33(3)4)52(7)49(61)62-31-38-22-20-37(21-23-38)28-43(56)42(19-13-14-24-50)51-47(59)39(27-36-16-10-8-11-17-36)29-40(55)18-12-9-15-25-53-45(58)26-34(5)48(53)60/h8,10-11,16-17,20-23,32-34,39,41-42,46H,9,12-15,18-19,24-31,50H2,1-7H3,(H,51,59)/t34?,39-,41+,42+,46?/m1/s1. The van der Waals surface area contributed by atoms with Crippen molar-refractivity contribution in [1.82, 2.24) is 15.1 Å². The summed E-state index contributed by atoms with van der Waals surface area (Å²) in [6, 6.07) is 15.0. The lowest BCUT2D eigenvalue weighted by atomic mass is 9.84. The number of hydrogen-bond acceptors (Lipinski definition) is 10. The number of imide groups is 1. The fourth-order valence-electron chi connectivity index (χ4n) is 8.14. The van der Waals surface area contributed by atoms with Gasteiger partial charge in [-0.25, -0.2) is 4.79 Å². The summed E-state index contributed by atoms with van der Waals surface area (Å²) in [7, 11) is 1.53. The van der Waals surface area contributed by atoms with Gasteiger partial charge in [0, 0.05) is 63.5 Å². The van der Waals surface area contributed by atoms with Crippen LogP contribution in [0.5, 0.6) is 0 Å². The second kappa shape index (κ2) is 25.8. The number of Topliss-reactive ketones (excluding diaryl/α,β-unsaturated/α-hetero) is 4. The van der Waals surface area contributed by atoms with Crippen LogP contribution in [0, 0.1) is 29.6 Å². The summed E-state index contributed by atoms with van der Waals surface area (Å²) in [5, 5.41) is 2.99. The number of likely N-dealkylation sites (N-methyl/N-ethyl adjacent to an activating group) is 1. The van der Waals surface area contributed by atoms with Crippen LogP contribution < -0.4 is 11.1 Å². The number of benzene rings is 2. The molecule has 1 saturated heterocycles. The van der Waals surface area contributed by atoms with Crippen molar-refractivity contribution in [3.63, 3.8) is 0 Å². The zero-order valence-corrected chi connectivity index (χ0v) is 38.0. The molecule has 0 saturated carbocycles. The molecular weight excluding hydrogens is 789 g/mol. The van der Waals surface area contributed by atoms with E-state index in [1.807, 2.05) is 58.0 Å². The van der Waals surface area contributed by atoms with Crippen molar-refractivity contribution in [3.05, 3.63) is 71.3 Å². The van der Waals surface area contributed by atoms with E-state index >= 15 is 0 Å². The van der Waals surface area contributed by atoms with E-state index in [9.17, 15) is 38.4 Å². The number of nitrogens with one attached hydrogen (secondary N) is 1. The van der Waals surface area contributed by atoms with Crippen LogP contribution in [0.15, 0.2) is 54.6 Å². The van der Waals surface area contributed by atoms with Crippen LogP contribution in [0.3, 0.4) is 0 Å². The molecule has 3 N–H and O–H groups in total. The molecule has 2 aromatic rings. The third-order valence-corrected chi connectivity index (χ3v) is 11.8. The van der Waals surface area contributed by atoms with Gasteiger partial charge in [0.05, 0.1) is 12.1 Å². The molecule has 13 heteroatoms. The molecule has 0 aliphatic carbocycles. The topological polar surface area (TPSA) is 190 Å². The Morgan fingerprint density at radius 3 is 2.06 bits per heavy atom. The number of nitrogens with zero attached hydrogens (tertiary/aromatic N) is 2. The molecule has 0 aromatic heterocycles. The third-order valence-electron chi connectivity index (χ3n) is 11.8. The smallest absolute Gasteiger partial charge is 0.410 e. The lowest BCUT2D eigenvalue weighted by molar-refractivity contribution is -0.139. The largest absolute Gasteiger partial charge is 0.445 e. The molecule has 1 heterocycles. The van der Waals surface area contributed by atoms with Crippen LogP contribution in [0.25, 0.3) is 0 Å². The van der Waals surface area contributed by atoms with E-state index in [-0.39, 0.29) is 97.3 Å². The molecule has 3 rings (SSSR count). The molecule has 2 aromatic carbocycles. The molecule has 5 atom stereocenters. The first-order valence-corrected chi connectivity index (χ1v) is 22.4. The van der Waals surface area contributed by atoms with Crippen LogP contribution in [0.2, 0.25) is 0 Å². The molecule has 0 radical (unpaired) electrons. The maximum Gasteiger partial charge on any atom is 0.410 e. The average molecular weight is 859 g/mol. The maximum atomic E-state index is 13.9. The fraction of sp³-hybridized carbons (Fsp3) is 0.592. The summed E-state index contributed by atoms with van der Waals surface area (Å²) in [6.45, 7) is 11.5. The molecule has 1 fully saturated rings. The van der Waals surface area contributed by atoms with Crippen molar-refractivity contribution >= 4 is 46.9 Å². The van der Waals surface area contributed by atoms with Crippen molar-refractivity contribution in [2.45, 2.75) is 137 Å². The van der Waals surface area contributed by atoms with Gasteiger partial charge in [-0.2, -0.15) is 0 Å². The van der Waals surface area contributed by atoms with Crippen molar-refractivity contribution in [2.24, 2.45) is 35.3 Å². The first-order valence-electron chi connectivity index (χ1n) is 22.4. The Morgan fingerprint density at radius 2 is 1.48 bits per heavy atom. The average Bonchev–Trinajstić information content (AvgIpc) is 3.47. The van der Waals surface area contributed by atoms with Crippen molar-refractivity contribution in [2.75, 3.05) is 20.1 Å². The molecular formula is C49H70N4O9. The van der Waals surface area contributed by atoms with Gasteiger partial charge in [0.25, 0.3) is 0 Å². The van der Waals surface area contributed by atoms with Crippen molar-refractivity contribution in [1.29, 1.82) is 0 Å². The van der Waals surface area contributed by atoms with Crippen LogP contribution in [0.4, 0.5) is 4.79 Å². The molecule has 62 heavy (non-hydrogen) atoms. The van der Waals surface area contributed by atoms with E-state index in [0.29, 0.717) is 69.2 Å². The summed E-state index contributed by atoms with van der Waals surface area (Å²) in [5.41, 5.74) is 8.05. The molecule has 1 aliphatic heterocycles. The number of rotatable bonds is 28. The zero-order valence-electron chi connectivity index (χ0n) is 38.0.